The first-order valence-corrected chi connectivity index (χ1v) is 8.62. The predicted octanol–water partition coefficient (Wildman–Crippen LogP) is 3.40. The molecule has 3 aromatic rings. The van der Waals surface area contributed by atoms with Crippen LogP contribution in [0, 0.1) is 26.6 Å². The third kappa shape index (κ3) is 7.87. The maximum Gasteiger partial charge on any atom is 0.146 e. The lowest BCUT2D eigenvalue weighted by atomic mass is 10.2. The second-order valence-electron chi connectivity index (χ2n) is 5.64. The van der Waals surface area contributed by atoms with Gasteiger partial charge in [0.05, 0.1) is 34.6 Å². The van der Waals surface area contributed by atoms with Crippen LogP contribution in [0.5, 0.6) is 0 Å². The standard InChI is InChI=1S/C7H10N2.C6H7BrN2.C5H6FN3/c1-5-3-7(8)6(2)9-4-5;1-4-6(8)2-5(7)3-9-4;6-3-1-4(7)5(8)9-2-3/h3-4H,8H2,1-2H3;2-3H,8H2,1H3;1-2H,7H2,(H2,8,9). The normalized spacial score (nSPS) is 9.52. The molecule has 7 nitrogen and oxygen atoms in total. The van der Waals surface area contributed by atoms with Gasteiger partial charge in [-0.25, -0.2) is 9.37 Å². The summed E-state index contributed by atoms with van der Waals surface area (Å²) in [7, 11) is 0. The van der Waals surface area contributed by atoms with Crippen LogP contribution in [0.15, 0.2) is 41.3 Å². The first-order chi connectivity index (χ1) is 12.6. The Labute approximate surface area is 166 Å². The monoisotopic (exact) mass is 435 g/mol. The van der Waals surface area contributed by atoms with Crippen LogP contribution < -0.4 is 22.9 Å². The van der Waals surface area contributed by atoms with E-state index in [-0.39, 0.29) is 11.5 Å². The Morgan fingerprint density at radius 3 is 1.70 bits per heavy atom. The summed E-state index contributed by atoms with van der Waals surface area (Å²) in [4.78, 5) is 11.5. The molecule has 0 fully saturated rings. The van der Waals surface area contributed by atoms with Crippen LogP contribution in [0.25, 0.3) is 0 Å². The van der Waals surface area contributed by atoms with Crippen molar-refractivity contribution in [1.82, 2.24) is 15.0 Å². The fraction of sp³-hybridized carbons (Fsp3) is 0.167. The fourth-order valence-corrected chi connectivity index (χ4v) is 2.00. The molecule has 0 atom stereocenters. The minimum Gasteiger partial charge on any atom is -0.397 e. The zero-order chi connectivity index (χ0) is 20.6. The van der Waals surface area contributed by atoms with E-state index in [4.69, 9.17) is 22.9 Å². The van der Waals surface area contributed by atoms with E-state index in [1.807, 2.05) is 39.1 Å². The lowest BCUT2D eigenvalue weighted by Gasteiger charge is -1.97. The second kappa shape index (κ2) is 10.3. The molecule has 0 spiro atoms. The highest BCUT2D eigenvalue weighted by Crippen LogP contribution is 2.14. The van der Waals surface area contributed by atoms with Gasteiger partial charge < -0.3 is 22.9 Å². The van der Waals surface area contributed by atoms with Crippen molar-refractivity contribution in [1.29, 1.82) is 0 Å². The molecule has 144 valence electrons. The van der Waals surface area contributed by atoms with Crippen molar-refractivity contribution in [3.63, 3.8) is 0 Å². The minimum absolute atomic E-state index is 0.163. The molecule has 0 aliphatic heterocycles. The minimum atomic E-state index is -0.471. The maximum atomic E-state index is 12.1. The highest BCUT2D eigenvalue weighted by Gasteiger charge is 1.95. The Morgan fingerprint density at radius 1 is 0.741 bits per heavy atom. The van der Waals surface area contributed by atoms with Crippen LogP contribution in [0.4, 0.5) is 27.3 Å². The second-order valence-corrected chi connectivity index (χ2v) is 6.56. The van der Waals surface area contributed by atoms with Gasteiger partial charge in [-0.15, -0.1) is 0 Å². The van der Waals surface area contributed by atoms with Crippen LogP contribution in [-0.4, -0.2) is 15.0 Å². The van der Waals surface area contributed by atoms with Crippen molar-refractivity contribution in [2.45, 2.75) is 20.8 Å². The van der Waals surface area contributed by atoms with Crippen molar-refractivity contribution < 1.29 is 4.39 Å². The maximum absolute atomic E-state index is 12.1. The van der Waals surface area contributed by atoms with E-state index in [0.29, 0.717) is 0 Å². The number of aryl methyl sites for hydroxylation is 3. The molecule has 3 rings (SSSR count). The van der Waals surface area contributed by atoms with Gasteiger partial charge in [-0.1, -0.05) is 0 Å². The van der Waals surface area contributed by atoms with Gasteiger partial charge in [0, 0.05) is 22.9 Å². The molecule has 9 heteroatoms. The summed E-state index contributed by atoms with van der Waals surface area (Å²) in [6.45, 7) is 5.75. The number of halogens is 2. The van der Waals surface area contributed by atoms with Gasteiger partial charge >= 0.3 is 0 Å². The molecule has 8 N–H and O–H groups in total. The first-order valence-electron chi connectivity index (χ1n) is 7.83. The molecular weight excluding hydrogens is 413 g/mol. The smallest absolute Gasteiger partial charge is 0.146 e. The van der Waals surface area contributed by atoms with E-state index in [0.717, 1.165) is 45.1 Å². The largest absolute Gasteiger partial charge is 0.397 e. The van der Waals surface area contributed by atoms with E-state index < -0.39 is 5.82 Å². The van der Waals surface area contributed by atoms with Crippen molar-refractivity contribution in [3.05, 3.63) is 64.0 Å². The molecule has 0 unspecified atom stereocenters. The summed E-state index contributed by atoms with van der Waals surface area (Å²) in [6, 6.07) is 4.88. The number of nitrogen functional groups attached to an aromatic ring is 4. The number of anilines is 4. The Kier molecular flexibility index (Phi) is 8.40. The number of aromatic nitrogens is 3. The van der Waals surface area contributed by atoms with Gasteiger partial charge in [0.15, 0.2) is 0 Å². The summed E-state index contributed by atoms with van der Waals surface area (Å²) in [5, 5.41) is 0. The van der Waals surface area contributed by atoms with Crippen molar-refractivity contribution in [3.8, 4) is 0 Å². The van der Waals surface area contributed by atoms with E-state index in [2.05, 4.69) is 30.9 Å². The zero-order valence-corrected chi connectivity index (χ0v) is 17.0. The number of hydrogen-bond donors (Lipinski definition) is 4. The van der Waals surface area contributed by atoms with Crippen LogP contribution in [0.2, 0.25) is 0 Å². The number of rotatable bonds is 0. The Hall–Kier alpha value is -2.94. The number of nitrogens with two attached hydrogens (primary N) is 4. The molecule has 0 aliphatic carbocycles. The summed E-state index contributed by atoms with van der Waals surface area (Å²) < 4.78 is 13.1. The first kappa shape index (κ1) is 22.1. The van der Waals surface area contributed by atoms with E-state index >= 15 is 0 Å². The van der Waals surface area contributed by atoms with Gasteiger partial charge in [-0.3, -0.25) is 9.97 Å². The Morgan fingerprint density at radius 2 is 1.30 bits per heavy atom. The Bertz CT molecular complexity index is 785. The molecule has 3 heterocycles. The predicted molar refractivity (Wildman–Crippen MR) is 112 cm³/mol. The summed E-state index contributed by atoms with van der Waals surface area (Å²) >= 11 is 3.25. The van der Waals surface area contributed by atoms with Gasteiger partial charge in [0.1, 0.15) is 11.6 Å². The quantitative estimate of drug-likeness (QED) is 0.423. The molecule has 0 amide bonds. The molecule has 3 aromatic heterocycles. The average Bonchev–Trinajstić information content (AvgIpc) is 2.60. The lowest BCUT2D eigenvalue weighted by molar-refractivity contribution is 0.623. The molecule has 0 saturated heterocycles. The summed E-state index contributed by atoms with van der Waals surface area (Å²) in [5.41, 5.74) is 26.0. The molecule has 0 aromatic carbocycles. The third-order valence-electron chi connectivity index (χ3n) is 3.27. The zero-order valence-electron chi connectivity index (χ0n) is 15.4. The van der Waals surface area contributed by atoms with E-state index in [9.17, 15) is 4.39 Å². The van der Waals surface area contributed by atoms with Crippen LogP contribution in [0.1, 0.15) is 17.0 Å². The highest BCUT2D eigenvalue weighted by molar-refractivity contribution is 9.10. The van der Waals surface area contributed by atoms with Crippen molar-refractivity contribution in [2.75, 3.05) is 22.9 Å². The number of hydrogen-bond acceptors (Lipinski definition) is 7. The number of pyridine rings is 3. The van der Waals surface area contributed by atoms with Gasteiger partial charge in [0.25, 0.3) is 0 Å². The summed E-state index contributed by atoms with van der Waals surface area (Å²) in [5.74, 6) is -0.307. The van der Waals surface area contributed by atoms with Gasteiger partial charge in [0.2, 0.25) is 0 Å². The number of nitrogens with zero attached hydrogens (tertiary/aromatic N) is 3. The summed E-state index contributed by atoms with van der Waals surface area (Å²) in [6.07, 6.45) is 4.56. The third-order valence-corrected chi connectivity index (χ3v) is 3.71. The molecule has 0 radical (unpaired) electrons. The average molecular weight is 436 g/mol. The van der Waals surface area contributed by atoms with E-state index in [1.54, 1.807) is 6.20 Å². The van der Waals surface area contributed by atoms with Crippen molar-refractivity contribution in [2.24, 2.45) is 0 Å². The molecule has 0 aliphatic rings. The topological polar surface area (TPSA) is 143 Å². The Balaban J connectivity index is 0.000000202. The molecule has 27 heavy (non-hydrogen) atoms. The van der Waals surface area contributed by atoms with Gasteiger partial charge in [-0.2, -0.15) is 0 Å². The van der Waals surface area contributed by atoms with Gasteiger partial charge in [-0.05, 0) is 54.4 Å². The van der Waals surface area contributed by atoms with E-state index in [1.165, 1.54) is 0 Å². The molecule has 0 bridgehead atoms. The fourth-order valence-electron chi connectivity index (χ4n) is 1.65. The van der Waals surface area contributed by atoms with Crippen LogP contribution >= 0.6 is 15.9 Å². The van der Waals surface area contributed by atoms with Crippen LogP contribution in [-0.2, 0) is 0 Å². The lowest BCUT2D eigenvalue weighted by Crippen LogP contribution is -1.97. The molecule has 0 saturated carbocycles. The molecular formula is C18H23BrFN7. The van der Waals surface area contributed by atoms with Crippen molar-refractivity contribution >= 4 is 38.8 Å². The highest BCUT2D eigenvalue weighted by atomic mass is 79.9. The van der Waals surface area contributed by atoms with Crippen LogP contribution in [0.3, 0.4) is 0 Å². The SMILES string of the molecule is Cc1cnc(C)c(N)c1.Cc1ncc(Br)cc1N.Nc1cc(F)cnc1N.